The van der Waals surface area contributed by atoms with Crippen molar-refractivity contribution in [3.63, 3.8) is 0 Å². The van der Waals surface area contributed by atoms with E-state index in [2.05, 4.69) is 55.6 Å². The molecule has 2 aromatic carbocycles. The zero-order valence-electron chi connectivity index (χ0n) is 11.9. The second kappa shape index (κ2) is 5.51. The van der Waals surface area contributed by atoms with Crippen molar-refractivity contribution in [3.8, 4) is 0 Å². The van der Waals surface area contributed by atoms with Crippen LogP contribution in [0, 0.1) is 0 Å². The summed E-state index contributed by atoms with van der Waals surface area (Å²) in [6, 6.07) is 14.6. The minimum atomic E-state index is 0.822. The monoisotopic (exact) mass is 265 g/mol. The van der Waals surface area contributed by atoms with E-state index in [0.717, 1.165) is 24.3 Å². The third kappa shape index (κ3) is 2.35. The second-order valence-corrected chi connectivity index (χ2v) is 5.13. The van der Waals surface area contributed by atoms with Gasteiger partial charge >= 0.3 is 0 Å². The molecule has 0 aliphatic carbocycles. The molecule has 0 fully saturated rings. The van der Waals surface area contributed by atoms with Crippen LogP contribution >= 0.6 is 0 Å². The number of rotatable bonds is 4. The predicted octanol–water partition coefficient (Wildman–Crippen LogP) is 4.64. The Balaban J connectivity index is 1.95. The Hall–Kier alpha value is -2.06. The number of para-hydroxylation sites is 2. The predicted molar refractivity (Wildman–Crippen MR) is 84.9 cm³/mol. The van der Waals surface area contributed by atoms with E-state index in [1.165, 1.54) is 21.9 Å². The van der Waals surface area contributed by atoms with E-state index < -0.39 is 0 Å². The average Bonchev–Trinajstić information content (AvgIpc) is 2.86. The molecule has 0 amide bonds. The van der Waals surface area contributed by atoms with Crippen molar-refractivity contribution < 1.29 is 4.42 Å². The molecule has 1 heterocycles. The minimum absolute atomic E-state index is 0.822. The van der Waals surface area contributed by atoms with Gasteiger partial charge in [-0.3, -0.25) is 0 Å². The van der Waals surface area contributed by atoms with Crippen molar-refractivity contribution in [3.05, 3.63) is 59.7 Å². The van der Waals surface area contributed by atoms with Crippen LogP contribution in [-0.4, -0.2) is 6.54 Å². The first-order valence-corrected chi connectivity index (χ1v) is 7.01. The maximum atomic E-state index is 6.01. The quantitative estimate of drug-likeness (QED) is 0.695. The van der Waals surface area contributed by atoms with Crippen LogP contribution in [0.15, 0.2) is 58.5 Å². The highest BCUT2D eigenvalue weighted by Crippen LogP contribution is 2.30. The Morgan fingerprint density at radius 2 is 1.90 bits per heavy atom. The van der Waals surface area contributed by atoms with Gasteiger partial charge < -0.3 is 9.73 Å². The van der Waals surface area contributed by atoms with E-state index in [0.29, 0.717) is 0 Å². The number of benzene rings is 2. The number of allylic oxidation sites excluding steroid dienone is 1. The molecule has 2 nitrogen and oxygen atoms in total. The highest BCUT2D eigenvalue weighted by atomic mass is 16.3. The van der Waals surface area contributed by atoms with Gasteiger partial charge in [-0.2, -0.15) is 0 Å². The Morgan fingerprint density at radius 1 is 1.10 bits per heavy atom. The summed E-state index contributed by atoms with van der Waals surface area (Å²) in [6.45, 7) is 5.93. The molecule has 0 spiro atoms. The van der Waals surface area contributed by atoms with Gasteiger partial charge in [0.2, 0.25) is 0 Å². The van der Waals surface area contributed by atoms with E-state index in [1.807, 2.05) is 12.1 Å². The van der Waals surface area contributed by atoms with Crippen LogP contribution in [0.5, 0.6) is 0 Å². The molecular weight excluding hydrogens is 246 g/mol. The molecule has 2 heteroatoms. The molecule has 0 saturated heterocycles. The molecule has 0 aliphatic heterocycles. The molecule has 1 N–H and O–H groups in total. The van der Waals surface area contributed by atoms with Gasteiger partial charge in [-0.1, -0.05) is 48.0 Å². The van der Waals surface area contributed by atoms with Crippen molar-refractivity contribution in [2.24, 2.45) is 0 Å². The SMILES string of the molecule is C/C=C(\C)CNCc1cccc2c1oc1ccccc12. The van der Waals surface area contributed by atoms with E-state index in [9.17, 15) is 0 Å². The molecular formula is C18H19NO. The van der Waals surface area contributed by atoms with Crippen LogP contribution in [0.25, 0.3) is 21.9 Å². The van der Waals surface area contributed by atoms with Crippen LogP contribution in [0.2, 0.25) is 0 Å². The molecule has 0 saturated carbocycles. The standard InChI is InChI=1S/C18H19NO/c1-3-13(2)11-19-12-14-7-6-9-16-15-8-4-5-10-17(15)20-18(14)16/h3-10,19H,11-12H2,1-2H3/b13-3+. The molecule has 20 heavy (non-hydrogen) atoms. The summed E-state index contributed by atoms with van der Waals surface area (Å²) in [5.74, 6) is 0. The maximum Gasteiger partial charge on any atom is 0.139 e. The smallest absolute Gasteiger partial charge is 0.139 e. The fourth-order valence-corrected chi connectivity index (χ4v) is 2.44. The van der Waals surface area contributed by atoms with Gasteiger partial charge in [0.25, 0.3) is 0 Å². The van der Waals surface area contributed by atoms with Gasteiger partial charge in [-0.05, 0) is 19.9 Å². The highest BCUT2D eigenvalue weighted by Gasteiger charge is 2.09. The zero-order valence-corrected chi connectivity index (χ0v) is 11.9. The topological polar surface area (TPSA) is 25.2 Å². The lowest BCUT2D eigenvalue weighted by Gasteiger charge is -2.05. The summed E-state index contributed by atoms with van der Waals surface area (Å²) in [5.41, 5.74) is 4.52. The van der Waals surface area contributed by atoms with E-state index >= 15 is 0 Å². The number of hydrogen-bond donors (Lipinski definition) is 1. The van der Waals surface area contributed by atoms with Crippen LogP contribution in [0.3, 0.4) is 0 Å². The molecule has 0 atom stereocenters. The van der Waals surface area contributed by atoms with Crippen LogP contribution in [0.4, 0.5) is 0 Å². The average molecular weight is 265 g/mol. The summed E-state index contributed by atoms with van der Waals surface area (Å²) in [5, 5.41) is 5.85. The number of hydrogen-bond acceptors (Lipinski definition) is 2. The lowest BCUT2D eigenvalue weighted by Crippen LogP contribution is -2.15. The first-order valence-electron chi connectivity index (χ1n) is 7.01. The van der Waals surface area contributed by atoms with Gasteiger partial charge in [0, 0.05) is 29.4 Å². The normalized spacial score (nSPS) is 12.4. The summed E-state index contributed by atoms with van der Waals surface area (Å²) in [6.07, 6.45) is 2.13. The van der Waals surface area contributed by atoms with E-state index in [-0.39, 0.29) is 0 Å². The van der Waals surface area contributed by atoms with Crippen LogP contribution < -0.4 is 5.32 Å². The van der Waals surface area contributed by atoms with Gasteiger partial charge in [0.05, 0.1) is 0 Å². The molecule has 1 aromatic heterocycles. The summed E-state index contributed by atoms with van der Waals surface area (Å²) < 4.78 is 6.01. The van der Waals surface area contributed by atoms with E-state index in [4.69, 9.17) is 4.42 Å². The molecule has 3 aromatic rings. The van der Waals surface area contributed by atoms with Crippen LogP contribution in [-0.2, 0) is 6.54 Å². The van der Waals surface area contributed by atoms with Gasteiger partial charge in [-0.15, -0.1) is 0 Å². The van der Waals surface area contributed by atoms with Gasteiger partial charge in [0.1, 0.15) is 11.2 Å². The summed E-state index contributed by atoms with van der Waals surface area (Å²) in [7, 11) is 0. The Morgan fingerprint density at radius 3 is 2.75 bits per heavy atom. The lowest BCUT2D eigenvalue weighted by molar-refractivity contribution is 0.652. The van der Waals surface area contributed by atoms with Crippen molar-refractivity contribution in [1.29, 1.82) is 0 Å². The van der Waals surface area contributed by atoms with Crippen molar-refractivity contribution in [2.45, 2.75) is 20.4 Å². The molecule has 0 aliphatic rings. The summed E-state index contributed by atoms with van der Waals surface area (Å²) >= 11 is 0. The number of nitrogens with one attached hydrogen (secondary N) is 1. The summed E-state index contributed by atoms with van der Waals surface area (Å²) in [4.78, 5) is 0. The fraction of sp³-hybridized carbons (Fsp3) is 0.222. The molecule has 3 rings (SSSR count). The minimum Gasteiger partial charge on any atom is -0.456 e. The van der Waals surface area contributed by atoms with Crippen molar-refractivity contribution in [1.82, 2.24) is 5.32 Å². The third-order valence-electron chi connectivity index (χ3n) is 3.70. The molecule has 0 radical (unpaired) electrons. The number of fused-ring (bicyclic) bond motifs is 3. The first-order chi connectivity index (χ1) is 9.79. The number of furan rings is 1. The Bertz CT molecular complexity index is 767. The lowest BCUT2D eigenvalue weighted by atomic mass is 10.1. The Labute approximate surface area is 119 Å². The highest BCUT2D eigenvalue weighted by molar-refractivity contribution is 6.05. The fourth-order valence-electron chi connectivity index (χ4n) is 2.44. The van der Waals surface area contributed by atoms with Gasteiger partial charge in [0.15, 0.2) is 0 Å². The first kappa shape index (κ1) is 12.9. The maximum absolute atomic E-state index is 6.01. The molecule has 102 valence electrons. The molecule has 0 bridgehead atoms. The van der Waals surface area contributed by atoms with Crippen molar-refractivity contribution in [2.75, 3.05) is 6.54 Å². The van der Waals surface area contributed by atoms with E-state index in [1.54, 1.807) is 0 Å². The Kier molecular flexibility index (Phi) is 3.57. The van der Waals surface area contributed by atoms with Gasteiger partial charge in [-0.25, -0.2) is 0 Å². The molecule has 0 unspecified atom stereocenters. The third-order valence-corrected chi connectivity index (χ3v) is 3.70. The van der Waals surface area contributed by atoms with Crippen molar-refractivity contribution >= 4 is 21.9 Å². The zero-order chi connectivity index (χ0) is 13.9. The van der Waals surface area contributed by atoms with Crippen LogP contribution in [0.1, 0.15) is 19.4 Å². The largest absolute Gasteiger partial charge is 0.456 e. The second-order valence-electron chi connectivity index (χ2n) is 5.13.